The quantitative estimate of drug-likeness (QED) is 0.163. The first-order valence-electron chi connectivity index (χ1n) is 9.26. The molecule has 0 amide bonds. The Labute approximate surface area is 170 Å². The molecule has 7 nitrogen and oxygen atoms in total. The minimum Gasteiger partial charge on any atom is -0.494 e. The monoisotopic (exact) mass is 400 g/mol. The fourth-order valence-electron chi connectivity index (χ4n) is 2.41. The highest BCUT2D eigenvalue weighted by atomic mass is 16.6. The molecule has 29 heavy (non-hydrogen) atoms. The number of carbonyl (C=O) groups excluding carboxylic acids is 1. The summed E-state index contributed by atoms with van der Waals surface area (Å²) in [6.45, 7) is 4.33. The average molecular weight is 400 g/mol. The van der Waals surface area contributed by atoms with Crippen molar-refractivity contribution in [2.24, 2.45) is 0 Å². The molecule has 0 aliphatic carbocycles. The Morgan fingerprint density at radius 2 is 1.69 bits per heavy atom. The lowest BCUT2D eigenvalue weighted by atomic mass is 9.80. The Balaban J connectivity index is 1.70. The maximum atomic E-state index is 10.9. The van der Waals surface area contributed by atoms with Crippen LogP contribution in [0, 0.1) is 0 Å². The van der Waals surface area contributed by atoms with Gasteiger partial charge in [-0.15, -0.1) is 0 Å². The summed E-state index contributed by atoms with van der Waals surface area (Å²) in [5, 5.41) is 28.3. The lowest BCUT2D eigenvalue weighted by Gasteiger charge is -2.13. The van der Waals surface area contributed by atoms with Crippen molar-refractivity contribution < 1.29 is 34.2 Å². The minimum atomic E-state index is -1.51. The van der Waals surface area contributed by atoms with Gasteiger partial charge < -0.3 is 29.4 Å². The molecule has 1 atom stereocenters. The zero-order valence-electron chi connectivity index (χ0n) is 16.1. The van der Waals surface area contributed by atoms with Crippen molar-refractivity contribution in [1.82, 2.24) is 0 Å². The first kappa shape index (κ1) is 22.6. The van der Waals surface area contributed by atoms with Crippen molar-refractivity contribution in [3.63, 3.8) is 0 Å². The van der Waals surface area contributed by atoms with Crippen LogP contribution in [0.15, 0.2) is 61.2 Å². The molecule has 0 aromatic heterocycles. The van der Waals surface area contributed by atoms with Crippen LogP contribution in [-0.2, 0) is 20.9 Å². The SMILES string of the molecule is C=CC(=O)OCCCCOc1ccc(C(O)OCc2ccc(B(O)O)cc2)cc1. The third kappa shape index (κ3) is 8.09. The fraction of sp³-hybridized carbons (Fsp3) is 0.286. The van der Waals surface area contributed by atoms with E-state index < -0.39 is 19.4 Å². The van der Waals surface area contributed by atoms with Crippen LogP contribution < -0.4 is 10.2 Å². The number of unbranched alkanes of at least 4 members (excludes halogenated alkanes) is 1. The molecule has 0 bridgehead atoms. The van der Waals surface area contributed by atoms with Crippen molar-refractivity contribution in [3.05, 3.63) is 72.3 Å². The third-order valence-electron chi connectivity index (χ3n) is 4.07. The van der Waals surface area contributed by atoms with Crippen molar-refractivity contribution in [1.29, 1.82) is 0 Å². The summed E-state index contributed by atoms with van der Waals surface area (Å²) in [7, 11) is -1.51. The van der Waals surface area contributed by atoms with Crippen LogP contribution in [0.4, 0.5) is 0 Å². The fourth-order valence-corrected chi connectivity index (χ4v) is 2.41. The van der Waals surface area contributed by atoms with Gasteiger partial charge in [0, 0.05) is 11.6 Å². The molecule has 0 heterocycles. The summed E-state index contributed by atoms with van der Waals surface area (Å²) in [4.78, 5) is 10.9. The zero-order chi connectivity index (χ0) is 21.1. The van der Waals surface area contributed by atoms with Gasteiger partial charge in [0.2, 0.25) is 0 Å². The number of aliphatic hydroxyl groups is 1. The molecule has 8 heteroatoms. The number of ether oxygens (including phenoxy) is 3. The normalized spacial score (nSPS) is 11.6. The molecule has 0 saturated carbocycles. The van der Waals surface area contributed by atoms with Gasteiger partial charge in [-0.1, -0.05) is 43.0 Å². The lowest BCUT2D eigenvalue weighted by molar-refractivity contribution is -0.137. The number of rotatable bonds is 12. The van der Waals surface area contributed by atoms with Gasteiger partial charge in [-0.2, -0.15) is 0 Å². The number of benzene rings is 2. The zero-order valence-corrected chi connectivity index (χ0v) is 16.1. The van der Waals surface area contributed by atoms with Crippen LogP contribution in [0.5, 0.6) is 5.75 Å². The third-order valence-corrected chi connectivity index (χ3v) is 4.07. The number of esters is 1. The van der Waals surface area contributed by atoms with Gasteiger partial charge in [0.25, 0.3) is 0 Å². The molecule has 0 radical (unpaired) electrons. The van der Waals surface area contributed by atoms with Gasteiger partial charge in [-0.3, -0.25) is 0 Å². The van der Waals surface area contributed by atoms with Crippen LogP contribution in [-0.4, -0.2) is 41.5 Å². The van der Waals surface area contributed by atoms with Gasteiger partial charge in [-0.05, 0) is 36.0 Å². The van der Waals surface area contributed by atoms with E-state index in [0.717, 1.165) is 18.1 Å². The van der Waals surface area contributed by atoms with Crippen LogP contribution in [0.3, 0.4) is 0 Å². The molecule has 154 valence electrons. The number of hydrogen-bond acceptors (Lipinski definition) is 7. The summed E-state index contributed by atoms with van der Waals surface area (Å²) >= 11 is 0. The summed E-state index contributed by atoms with van der Waals surface area (Å²) < 4.78 is 15.9. The Morgan fingerprint density at radius 3 is 2.31 bits per heavy atom. The first-order valence-corrected chi connectivity index (χ1v) is 9.26. The Morgan fingerprint density at radius 1 is 1.03 bits per heavy atom. The molecule has 1 unspecified atom stereocenters. The highest BCUT2D eigenvalue weighted by Gasteiger charge is 2.11. The minimum absolute atomic E-state index is 0.178. The van der Waals surface area contributed by atoms with Crippen molar-refractivity contribution in [3.8, 4) is 5.75 Å². The van der Waals surface area contributed by atoms with Crippen LogP contribution in [0.2, 0.25) is 0 Å². The van der Waals surface area contributed by atoms with E-state index >= 15 is 0 Å². The molecule has 0 spiro atoms. The van der Waals surface area contributed by atoms with Gasteiger partial charge >= 0.3 is 13.1 Å². The Hall–Kier alpha value is -2.65. The van der Waals surface area contributed by atoms with Crippen LogP contribution >= 0.6 is 0 Å². The van der Waals surface area contributed by atoms with E-state index in [4.69, 9.17) is 24.3 Å². The van der Waals surface area contributed by atoms with E-state index in [0.29, 0.717) is 36.4 Å². The van der Waals surface area contributed by atoms with E-state index in [1.165, 1.54) is 0 Å². The second-order valence-corrected chi connectivity index (χ2v) is 6.27. The second kappa shape index (κ2) is 12.0. The molecule has 0 aliphatic rings. The Bertz CT molecular complexity index is 760. The molecule has 0 saturated heterocycles. The average Bonchev–Trinajstić information content (AvgIpc) is 2.74. The van der Waals surface area contributed by atoms with Gasteiger partial charge in [0.15, 0.2) is 6.29 Å². The topological polar surface area (TPSA) is 105 Å². The predicted octanol–water partition coefficient (Wildman–Crippen LogP) is 1.46. The second-order valence-electron chi connectivity index (χ2n) is 6.27. The summed E-state index contributed by atoms with van der Waals surface area (Å²) in [5.41, 5.74) is 1.78. The molecule has 0 fully saturated rings. The highest BCUT2D eigenvalue weighted by molar-refractivity contribution is 6.58. The van der Waals surface area contributed by atoms with Crippen LogP contribution in [0.25, 0.3) is 0 Å². The predicted molar refractivity (Wildman–Crippen MR) is 108 cm³/mol. The number of aliphatic hydroxyl groups excluding tert-OH is 1. The maximum absolute atomic E-state index is 10.9. The van der Waals surface area contributed by atoms with Gasteiger partial charge in [-0.25, -0.2) is 4.79 Å². The molecule has 3 N–H and O–H groups in total. The first-order chi connectivity index (χ1) is 14.0. The Kier molecular flexibility index (Phi) is 9.39. The van der Waals surface area contributed by atoms with Gasteiger partial charge in [0.05, 0.1) is 19.8 Å². The smallest absolute Gasteiger partial charge is 0.488 e. The summed E-state index contributed by atoms with van der Waals surface area (Å²) in [6.07, 6.45) is 1.48. The summed E-state index contributed by atoms with van der Waals surface area (Å²) in [5.74, 6) is 0.241. The van der Waals surface area contributed by atoms with E-state index in [-0.39, 0.29) is 6.61 Å². The molecular formula is C21H25BO7. The maximum Gasteiger partial charge on any atom is 0.488 e. The molecular weight excluding hydrogens is 375 g/mol. The van der Waals surface area contributed by atoms with E-state index in [2.05, 4.69) is 6.58 Å². The van der Waals surface area contributed by atoms with Crippen molar-refractivity contribution >= 4 is 18.6 Å². The lowest BCUT2D eigenvalue weighted by Crippen LogP contribution is -2.29. The van der Waals surface area contributed by atoms with Crippen LogP contribution in [0.1, 0.15) is 30.3 Å². The standard InChI is InChI=1S/C21H25BO7/c1-2-20(23)28-14-4-3-13-27-19-11-7-17(8-12-19)21(24)29-15-16-5-9-18(10-6-16)22(25)26/h2,5-12,21,24-26H,1,3-4,13-15H2. The molecule has 2 rings (SSSR count). The number of carbonyl (C=O) groups is 1. The summed E-state index contributed by atoms with van der Waals surface area (Å²) in [6, 6.07) is 13.5. The molecule has 2 aromatic carbocycles. The molecule has 0 aliphatic heterocycles. The van der Waals surface area contributed by atoms with Crippen molar-refractivity contribution in [2.75, 3.05) is 13.2 Å². The molecule has 2 aromatic rings. The highest BCUT2D eigenvalue weighted by Crippen LogP contribution is 2.20. The van der Waals surface area contributed by atoms with E-state index in [9.17, 15) is 9.90 Å². The van der Waals surface area contributed by atoms with E-state index in [1.807, 2.05) is 0 Å². The van der Waals surface area contributed by atoms with Crippen molar-refractivity contribution in [2.45, 2.75) is 25.7 Å². The number of hydrogen-bond donors (Lipinski definition) is 3. The van der Waals surface area contributed by atoms with E-state index in [1.54, 1.807) is 48.5 Å². The van der Waals surface area contributed by atoms with Gasteiger partial charge in [0.1, 0.15) is 5.75 Å². The largest absolute Gasteiger partial charge is 0.494 e.